The molecule has 0 aliphatic rings. The Morgan fingerprint density at radius 1 is 1.00 bits per heavy atom. The normalized spacial score (nSPS) is 11.4. The van der Waals surface area contributed by atoms with Crippen molar-refractivity contribution in [2.24, 2.45) is 0 Å². The van der Waals surface area contributed by atoms with E-state index in [9.17, 15) is 18.0 Å². The van der Waals surface area contributed by atoms with Crippen molar-refractivity contribution in [3.8, 4) is 0 Å². The molecule has 0 aliphatic carbocycles. The molecule has 0 amide bonds. The van der Waals surface area contributed by atoms with Crippen molar-refractivity contribution < 1.29 is 31.9 Å². The first-order chi connectivity index (χ1) is 12.8. The quantitative estimate of drug-likeness (QED) is 0.633. The maximum Gasteiger partial charge on any atom is 0.373 e. The number of nitrogens with zero attached hydrogens (tertiary/aromatic N) is 1. The zero-order chi connectivity index (χ0) is 20.0. The number of hydrogen-bond acceptors (Lipinski definition) is 7. The number of carbonyl (C=O) groups excluding carboxylic acids is 2. The first-order valence-corrected chi connectivity index (χ1v) is 9.71. The third-order valence-electron chi connectivity index (χ3n) is 3.83. The van der Waals surface area contributed by atoms with Crippen LogP contribution in [0.1, 0.15) is 40.5 Å². The Morgan fingerprint density at radius 3 is 2.19 bits per heavy atom. The summed E-state index contributed by atoms with van der Waals surface area (Å²) in [6.07, 6.45) is 0. The van der Waals surface area contributed by atoms with Gasteiger partial charge in [0.1, 0.15) is 12.4 Å². The molecule has 0 aliphatic heterocycles. The van der Waals surface area contributed by atoms with Crippen molar-refractivity contribution in [2.45, 2.75) is 25.3 Å². The molecule has 8 nitrogen and oxygen atoms in total. The highest BCUT2D eigenvalue weighted by molar-refractivity contribution is 7.89. The van der Waals surface area contributed by atoms with Crippen molar-refractivity contribution in [3.63, 3.8) is 0 Å². The Morgan fingerprint density at radius 2 is 1.63 bits per heavy atom. The summed E-state index contributed by atoms with van der Waals surface area (Å²) in [5.41, 5.74) is 0.202. The van der Waals surface area contributed by atoms with Crippen LogP contribution in [0.4, 0.5) is 0 Å². The largest absolute Gasteiger partial charge is 0.463 e. The maximum atomic E-state index is 12.4. The molecule has 1 aromatic carbocycles. The Kier molecular flexibility index (Phi) is 6.75. The summed E-state index contributed by atoms with van der Waals surface area (Å²) < 4.78 is 41.0. The van der Waals surface area contributed by atoms with Crippen LogP contribution in [0.2, 0.25) is 0 Å². The van der Waals surface area contributed by atoms with Gasteiger partial charge < -0.3 is 13.9 Å². The van der Waals surface area contributed by atoms with E-state index in [1.54, 1.807) is 13.8 Å². The van der Waals surface area contributed by atoms with E-state index < -0.39 is 22.0 Å². The van der Waals surface area contributed by atoms with Gasteiger partial charge in [0.15, 0.2) is 0 Å². The summed E-state index contributed by atoms with van der Waals surface area (Å²) >= 11 is 0. The van der Waals surface area contributed by atoms with E-state index in [0.717, 1.165) is 0 Å². The summed E-state index contributed by atoms with van der Waals surface area (Å²) in [7, 11) is -2.35. The molecule has 0 fully saturated rings. The van der Waals surface area contributed by atoms with Gasteiger partial charge in [0, 0.05) is 13.1 Å². The van der Waals surface area contributed by atoms with E-state index in [-0.39, 0.29) is 28.6 Å². The minimum absolute atomic E-state index is 0.00881. The van der Waals surface area contributed by atoms with Crippen LogP contribution < -0.4 is 0 Å². The first-order valence-electron chi connectivity index (χ1n) is 8.27. The van der Waals surface area contributed by atoms with Gasteiger partial charge in [0.2, 0.25) is 15.8 Å². The van der Waals surface area contributed by atoms with Crippen LogP contribution in [0.3, 0.4) is 0 Å². The number of benzene rings is 1. The number of furan rings is 1. The predicted molar refractivity (Wildman–Crippen MR) is 95.7 cm³/mol. The van der Waals surface area contributed by atoms with Crippen molar-refractivity contribution >= 4 is 22.0 Å². The zero-order valence-corrected chi connectivity index (χ0v) is 16.1. The van der Waals surface area contributed by atoms with Gasteiger partial charge in [-0.25, -0.2) is 18.0 Å². The Labute approximate surface area is 157 Å². The van der Waals surface area contributed by atoms with Crippen LogP contribution in [0.25, 0.3) is 0 Å². The second kappa shape index (κ2) is 8.83. The monoisotopic (exact) mass is 395 g/mol. The topological polar surface area (TPSA) is 103 Å². The van der Waals surface area contributed by atoms with Crippen molar-refractivity contribution in [1.82, 2.24) is 4.31 Å². The zero-order valence-electron chi connectivity index (χ0n) is 15.3. The molecular formula is C18H21NO7S. The SMILES string of the molecule is CCN(CC)S(=O)(=O)c1ccc(C(=O)OCc2ccc(C(=O)OC)o2)cc1. The van der Waals surface area contributed by atoms with Crippen LogP contribution >= 0.6 is 0 Å². The Hall–Kier alpha value is -2.65. The molecule has 0 N–H and O–H groups in total. The number of methoxy groups -OCH3 is 1. The number of sulfonamides is 1. The first kappa shape index (κ1) is 20.7. The molecular weight excluding hydrogens is 374 g/mol. The minimum Gasteiger partial charge on any atom is -0.463 e. The molecule has 1 aromatic heterocycles. The number of rotatable bonds is 8. The average Bonchev–Trinajstić information content (AvgIpc) is 3.15. The summed E-state index contributed by atoms with van der Waals surface area (Å²) in [6, 6.07) is 8.43. The van der Waals surface area contributed by atoms with Gasteiger partial charge in [0.25, 0.3) is 0 Å². The fourth-order valence-corrected chi connectivity index (χ4v) is 3.82. The lowest BCUT2D eigenvalue weighted by molar-refractivity contribution is 0.0438. The average molecular weight is 395 g/mol. The Bertz CT molecular complexity index is 896. The van der Waals surface area contributed by atoms with Crippen molar-refractivity contribution in [2.75, 3.05) is 20.2 Å². The minimum atomic E-state index is -3.58. The standard InChI is InChI=1S/C18H21NO7S/c1-4-19(5-2)27(22,23)15-9-6-13(7-10-15)17(20)25-12-14-8-11-16(26-14)18(21)24-3/h6-11H,4-5,12H2,1-3H3. The van der Waals surface area contributed by atoms with Gasteiger partial charge in [-0.2, -0.15) is 4.31 Å². The number of hydrogen-bond donors (Lipinski definition) is 0. The molecule has 1 heterocycles. The summed E-state index contributed by atoms with van der Waals surface area (Å²) in [6.45, 7) is 4.06. The van der Waals surface area contributed by atoms with Crippen molar-refractivity contribution in [1.29, 1.82) is 0 Å². The van der Waals surface area contributed by atoms with E-state index in [0.29, 0.717) is 13.1 Å². The number of carbonyl (C=O) groups is 2. The molecule has 2 aromatic rings. The molecule has 27 heavy (non-hydrogen) atoms. The molecule has 146 valence electrons. The van der Waals surface area contributed by atoms with Gasteiger partial charge in [-0.3, -0.25) is 0 Å². The predicted octanol–water partition coefficient (Wildman–Crippen LogP) is 2.45. The van der Waals surface area contributed by atoms with Crippen LogP contribution in [-0.2, 0) is 26.1 Å². The lowest BCUT2D eigenvalue weighted by Crippen LogP contribution is -2.30. The van der Waals surface area contributed by atoms with Gasteiger partial charge in [-0.05, 0) is 36.4 Å². The fourth-order valence-electron chi connectivity index (χ4n) is 2.36. The molecule has 0 unspecified atom stereocenters. The number of esters is 2. The highest BCUT2D eigenvalue weighted by Crippen LogP contribution is 2.17. The van der Waals surface area contributed by atoms with E-state index in [4.69, 9.17) is 9.15 Å². The van der Waals surface area contributed by atoms with Gasteiger partial charge in [-0.15, -0.1) is 0 Å². The third kappa shape index (κ3) is 4.75. The molecule has 9 heteroatoms. The molecule has 0 saturated heterocycles. The number of ether oxygens (including phenoxy) is 2. The van der Waals surface area contributed by atoms with Gasteiger partial charge in [0.05, 0.1) is 17.6 Å². The van der Waals surface area contributed by atoms with E-state index >= 15 is 0 Å². The van der Waals surface area contributed by atoms with Crippen LogP contribution in [-0.4, -0.2) is 44.9 Å². The van der Waals surface area contributed by atoms with Crippen LogP contribution in [0, 0.1) is 0 Å². The van der Waals surface area contributed by atoms with Crippen molar-refractivity contribution in [3.05, 3.63) is 53.5 Å². The Balaban J connectivity index is 2.03. The second-order valence-electron chi connectivity index (χ2n) is 5.45. The molecule has 0 spiro atoms. The van der Waals surface area contributed by atoms with Gasteiger partial charge in [-0.1, -0.05) is 13.8 Å². The van der Waals surface area contributed by atoms with Crippen LogP contribution in [0.5, 0.6) is 0 Å². The van der Waals surface area contributed by atoms with Crippen LogP contribution in [0.15, 0.2) is 45.7 Å². The summed E-state index contributed by atoms with van der Waals surface area (Å²) in [5.74, 6) is -0.977. The van der Waals surface area contributed by atoms with E-state index in [1.807, 2.05) is 0 Å². The highest BCUT2D eigenvalue weighted by Gasteiger charge is 2.22. The van der Waals surface area contributed by atoms with E-state index in [2.05, 4.69) is 4.74 Å². The fraction of sp³-hybridized carbons (Fsp3) is 0.333. The molecule has 2 rings (SSSR count). The smallest absolute Gasteiger partial charge is 0.373 e. The summed E-state index contributed by atoms with van der Waals surface area (Å²) in [4.78, 5) is 23.5. The lowest BCUT2D eigenvalue weighted by atomic mass is 10.2. The molecule has 0 bridgehead atoms. The molecule has 0 saturated carbocycles. The lowest BCUT2D eigenvalue weighted by Gasteiger charge is -2.18. The maximum absolute atomic E-state index is 12.4. The molecule has 0 radical (unpaired) electrons. The molecule has 0 atom stereocenters. The van der Waals surface area contributed by atoms with E-state index in [1.165, 1.54) is 47.8 Å². The summed E-state index contributed by atoms with van der Waals surface area (Å²) in [5, 5.41) is 0. The highest BCUT2D eigenvalue weighted by atomic mass is 32.2. The second-order valence-corrected chi connectivity index (χ2v) is 7.39. The van der Waals surface area contributed by atoms with Gasteiger partial charge >= 0.3 is 11.9 Å². The third-order valence-corrected chi connectivity index (χ3v) is 5.89.